The highest BCUT2D eigenvalue weighted by molar-refractivity contribution is 5.91. The van der Waals surface area contributed by atoms with Crippen LogP contribution in [0.3, 0.4) is 0 Å². The van der Waals surface area contributed by atoms with E-state index >= 15 is 0 Å². The van der Waals surface area contributed by atoms with Gasteiger partial charge in [-0.3, -0.25) is 4.90 Å². The Morgan fingerprint density at radius 2 is 1.88 bits per heavy atom. The fraction of sp³-hybridized carbons (Fsp3) is 0.524. The number of nitrogens with zero attached hydrogens (tertiary/aromatic N) is 4. The molecule has 5 nitrogen and oxygen atoms in total. The molecular weight excluding hydrogens is 324 g/mol. The lowest BCUT2D eigenvalue weighted by Gasteiger charge is -2.35. The molecule has 1 saturated heterocycles. The lowest BCUT2D eigenvalue weighted by Crippen LogP contribution is -2.45. The van der Waals surface area contributed by atoms with Gasteiger partial charge in [-0.2, -0.15) is 0 Å². The molecule has 26 heavy (non-hydrogen) atoms. The third-order valence-electron chi connectivity index (χ3n) is 5.99. The molecule has 1 aliphatic carbocycles. The maximum atomic E-state index is 12.8. The first-order valence-corrected chi connectivity index (χ1v) is 9.81. The van der Waals surface area contributed by atoms with E-state index in [1.165, 1.54) is 25.1 Å². The SMILES string of the molecule is CN(C(=O)N1CCC(c2nccn2CC2CCC2)CC1)c1ccccc1. The molecule has 1 saturated carbocycles. The van der Waals surface area contributed by atoms with Gasteiger partial charge in [-0.25, -0.2) is 9.78 Å². The molecule has 0 N–H and O–H groups in total. The minimum Gasteiger partial charge on any atom is -0.334 e. The van der Waals surface area contributed by atoms with E-state index in [9.17, 15) is 4.79 Å². The smallest absolute Gasteiger partial charge is 0.324 e. The van der Waals surface area contributed by atoms with Gasteiger partial charge in [0.2, 0.25) is 0 Å². The van der Waals surface area contributed by atoms with Gasteiger partial charge in [-0.15, -0.1) is 0 Å². The third kappa shape index (κ3) is 3.48. The van der Waals surface area contributed by atoms with Crippen molar-refractivity contribution in [3.05, 3.63) is 48.5 Å². The first-order valence-electron chi connectivity index (χ1n) is 9.81. The van der Waals surface area contributed by atoms with E-state index in [-0.39, 0.29) is 6.03 Å². The molecule has 1 aromatic heterocycles. The van der Waals surface area contributed by atoms with Gasteiger partial charge in [0, 0.05) is 50.7 Å². The van der Waals surface area contributed by atoms with Crippen LogP contribution in [0.2, 0.25) is 0 Å². The molecule has 2 aliphatic rings. The number of benzene rings is 1. The second-order valence-corrected chi connectivity index (χ2v) is 7.67. The van der Waals surface area contributed by atoms with Crippen molar-refractivity contribution in [2.75, 3.05) is 25.0 Å². The number of aromatic nitrogens is 2. The van der Waals surface area contributed by atoms with Crippen molar-refractivity contribution in [2.45, 2.75) is 44.6 Å². The second kappa shape index (κ2) is 7.52. The molecule has 2 aromatic rings. The zero-order chi connectivity index (χ0) is 17.9. The summed E-state index contributed by atoms with van der Waals surface area (Å²) in [7, 11) is 1.86. The average Bonchev–Trinajstić information content (AvgIpc) is 3.13. The predicted molar refractivity (Wildman–Crippen MR) is 103 cm³/mol. The zero-order valence-corrected chi connectivity index (χ0v) is 15.6. The Kier molecular flexibility index (Phi) is 4.96. The number of likely N-dealkylation sites (tertiary alicyclic amines) is 1. The van der Waals surface area contributed by atoms with Crippen LogP contribution in [0.25, 0.3) is 0 Å². The highest BCUT2D eigenvalue weighted by Gasteiger charge is 2.29. The number of amides is 2. The number of anilines is 1. The highest BCUT2D eigenvalue weighted by atomic mass is 16.2. The number of hydrogen-bond donors (Lipinski definition) is 0. The molecule has 0 atom stereocenters. The van der Waals surface area contributed by atoms with Crippen molar-refractivity contribution in [3.8, 4) is 0 Å². The van der Waals surface area contributed by atoms with Crippen LogP contribution in [0.1, 0.15) is 43.8 Å². The Hall–Kier alpha value is -2.30. The van der Waals surface area contributed by atoms with E-state index in [1.807, 2.05) is 48.5 Å². The number of carbonyl (C=O) groups is 1. The van der Waals surface area contributed by atoms with Gasteiger partial charge in [0.25, 0.3) is 0 Å². The zero-order valence-electron chi connectivity index (χ0n) is 15.6. The van der Waals surface area contributed by atoms with Crippen LogP contribution in [-0.2, 0) is 6.54 Å². The van der Waals surface area contributed by atoms with Crippen LogP contribution in [0.15, 0.2) is 42.7 Å². The molecule has 138 valence electrons. The number of carbonyl (C=O) groups excluding carboxylic acids is 1. The molecule has 2 fully saturated rings. The summed E-state index contributed by atoms with van der Waals surface area (Å²) in [5.74, 6) is 2.53. The fourth-order valence-corrected chi connectivity index (χ4v) is 4.09. The molecule has 1 aromatic carbocycles. The largest absolute Gasteiger partial charge is 0.334 e. The normalized spacial score (nSPS) is 18.6. The standard InChI is InChI=1S/C21H28N4O/c1-23(19-8-3-2-4-9-19)21(26)24-13-10-18(11-14-24)20-22-12-15-25(20)16-17-6-5-7-17/h2-4,8-9,12,15,17-18H,5-7,10-11,13-14,16H2,1H3. The van der Waals surface area contributed by atoms with Crippen molar-refractivity contribution in [1.82, 2.24) is 14.5 Å². The van der Waals surface area contributed by atoms with Gasteiger partial charge in [0.1, 0.15) is 5.82 Å². The summed E-state index contributed by atoms with van der Waals surface area (Å²) in [6, 6.07) is 9.94. The van der Waals surface area contributed by atoms with Gasteiger partial charge in [-0.1, -0.05) is 24.6 Å². The van der Waals surface area contributed by atoms with Gasteiger partial charge < -0.3 is 9.47 Å². The van der Waals surface area contributed by atoms with Crippen molar-refractivity contribution >= 4 is 11.7 Å². The highest BCUT2D eigenvalue weighted by Crippen LogP contribution is 2.32. The number of rotatable bonds is 4. The number of hydrogen-bond acceptors (Lipinski definition) is 2. The Labute approximate surface area is 155 Å². The van der Waals surface area contributed by atoms with E-state index in [0.717, 1.165) is 44.1 Å². The van der Waals surface area contributed by atoms with E-state index < -0.39 is 0 Å². The molecule has 1 aliphatic heterocycles. The van der Waals surface area contributed by atoms with E-state index in [2.05, 4.69) is 15.7 Å². The van der Waals surface area contributed by atoms with E-state index in [0.29, 0.717) is 5.92 Å². The molecule has 4 rings (SSSR count). The summed E-state index contributed by atoms with van der Waals surface area (Å²) < 4.78 is 2.36. The molecule has 2 heterocycles. The first-order chi connectivity index (χ1) is 12.7. The number of para-hydroxylation sites is 1. The average molecular weight is 352 g/mol. The molecule has 0 spiro atoms. The van der Waals surface area contributed by atoms with Crippen LogP contribution >= 0.6 is 0 Å². The molecule has 0 bridgehead atoms. The van der Waals surface area contributed by atoms with Gasteiger partial charge in [0.05, 0.1) is 0 Å². The quantitative estimate of drug-likeness (QED) is 0.830. The Morgan fingerprint density at radius 3 is 2.54 bits per heavy atom. The Morgan fingerprint density at radius 1 is 1.15 bits per heavy atom. The molecule has 0 unspecified atom stereocenters. The molecule has 0 radical (unpaired) electrons. The summed E-state index contributed by atoms with van der Waals surface area (Å²) in [6.07, 6.45) is 10.2. The van der Waals surface area contributed by atoms with Crippen molar-refractivity contribution in [1.29, 1.82) is 0 Å². The maximum Gasteiger partial charge on any atom is 0.324 e. The minimum absolute atomic E-state index is 0.0902. The van der Waals surface area contributed by atoms with E-state index in [1.54, 1.807) is 4.90 Å². The number of imidazole rings is 1. The van der Waals surface area contributed by atoms with Crippen molar-refractivity contribution in [3.63, 3.8) is 0 Å². The van der Waals surface area contributed by atoms with Crippen LogP contribution in [0.5, 0.6) is 0 Å². The summed E-state index contributed by atoms with van der Waals surface area (Å²) in [5.41, 5.74) is 0.940. The topological polar surface area (TPSA) is 41.4 Å². The number of urea groups is 1. The summed E-state index contributed by atoms with van der Waals surface area (Å²) in [5, 5.41) is 0. The lowest BCUT2D eigenvalue weighted by atomic mass is 9.85. The molecule has 5 heteroatoms. The first kappa shape index (κ1) is 17.1. The van der Waals surface area contributed by atoms with E-state index in [4.69, 9.17) is 0 Å². The van der Waals surface area contributed by atoms with Crippen LogP contribution in [0.4, 0.5) is 10.5 Å². The summed E-state index contributed by atoms with van der Waals surface area (Å²) >= 11 is 0. The van der Waals surface area contributed by atoms with Crippen molar-refractivity contribution in [2.24, 2.45) is 5.92 Å². The third-order valence-corrected chi connectivity index (χ3v) is 5.99. The molecular formula is C21H28N4O. The molecule has 2 amide bonds. The lowest BCUT2D eigenvalue weighted by molar-refractivity contribution is 0.186. The maximum absolute atomic E-state index is 12.8. The second-order valence-electron chi connectivity index (χ2n) is 7.67. The minimum atomic E-state index is 0.0902. The van der Waals surface area contributed by atoms with Gasteiger partial charge in [0.15, 0.2) is 0 Å². The number of piperidine rings is 1. The summed E-state index contributed by atoms with van der Waals surface area (Å²) in [4.78, 5) is 21.2. The fourth-order valence-electron chi connectivity index (χ4n) is 4.09. The van der Waals surface area contributed by atoms with Crippen LogP contribution < -0.4 is 4.90 Å². The van der Waals surface area contributed by atoms with Gasteiger partial charge >= 0.3 is 6.03 Å². The Bertz CT molecular complexity index is 729. The van der Waals surface area contributed by atoms with Crippen LogP contribution in [0, 0.1) is 5.92 Å². The Balaban J connectivity index is 1.35. The predicted octanol–water partition coefficient (Wildman–Crippen LogP) is 4.12. The van der Waals surface area contributed by atoms with Crippen LogP contribution in [-0.4, -0.2) is 40.6 Å². The summed E-state index contributed by atoms with van der Waals surface area (Å²) in [6.45, 7) is 2.72. The van der Waals surface area contributed by atoms with Gasteiger partial charge in [-0.05, 0) is 43.7 Å². The van der Waals surface area contributed by atoms with Crippen molar-refractivity contribution < 1.29 is 4.79 Å². The monoisotopic (exact) mass is 352 g/mol.